The third kappa shape index (κ3) is 1.58. The molecule has 3 amide bonds. The summed E-state index contributed by atoms with van der Waals surface area (Å²) >= 11 is 0. The molecule has 1 heterocycles. The van der Waals surface area contributed by atoms with E-state index in [9.17, 15) is 19.7 Å². The zero-order valence-electron chi connectivity index (χ0n) is 9.96. The van der Waals surface area contributed by atoms with Crippen molar-refractivity contribution >= 4 is 23.3 Å². The summed E-state index contributed by atoms with van der Waals surface area (Å²) in [6, 6.07) is 4.92. The largest absolute Gasteiger partial charge is 0.329 e. The first-order chi connectivity index (χ1) is 9.03. The summed E-state index contributed by atoms with van der Waals surface area (Å²) in [7, 11) is 0. The van der Waals surface area contributed by atoms with Crippen LogP contribution in [0.4, 0.5) is 16.2 Å². The molecule has 1 aromatic carbocycles. The lowest BCUT2D eigenvalue weighted by Gasteiger charge is -2.34. The molecule has 7 heteroatoms. The molecule has 0 atom stereocenters. The highest BCUT2D eigenvalue weighted by atomic mass is 16.6. The molecule has 3 rings (SSSR count). The van der Waals surface area contributed by atoms with E-state index in [0.717, 1.165) is 11.3 Å². The Hall–Kier alpha value is -2.44. The van der Waals surface area contributed by atoms with Crippen molar-refractivity contribution < 1.29 is 14.5 Å². The van der Waals surface area contributed by atoms with E-state index >= 15 is 0 Å². The number of nitro benzene ring substituents is 1. The Morgan fingerprint density at radius 1 is 1.21 bits per heavy atom. The van der Waals surface area contributed by atoms with Crippen LogP contribution in [0.25, 0.3) is 0 Å². The van der Waals surface area contributed by atoms with Gasteiger partial charge in [-0.2, -0.15) is 0 Å². The molecule has 19 heavy (non-hydrogen) atoms. The summed E-state index contributed by atoms with van der Waals surface area (Å²) in [5.41, 5.74) is -0.454. The van der Waals surface area contributed by atoms with Gasteiger partial charge in [0.15, 0.2) is 0 Å². The summed E-state index contributed by atoms with van der Waals surface area (Å²) in [5, 5.41) is 13.3. The average molecular weight is 261 g/mol. The van der Waals surface area contributed by atoms with E-state index in [1.807, 2.05) is 0 Å². The van der Waals surface area contributed by atoms with Crippen molar-refractivity contribution in [2.75, 3.05) is 4.90 Å². The number of rotatable bonds is 2. The van der Waals surface area contributed by atoms with E-state index in [0.29, 0.717) is 18.5 Å². The lowest BCUT2D eigenvalue weighted by molar-refractivity contribution is -0.384. The number of non-ortho nitro benzene ring substituents is 1. The van der Waals surface area contributed by atoms with Gasteiger partial charge in [0, 0.05) is 12.1 Å². The van der Waals surface area contributed by atoms with E-state index in [1.165, 1.54) is 24.3 Å². The fourth-order valence-corrected chi connectivity index (χ4v) is 2.45. The first-order valence-corrected chi connectivity index (χ1v) is 5.95. The summed E-state index contributed by atoms with van der Waals surface area (Å²) in [6.07, 6.45) is 2.22. The Morgan fingerprint density at radius 2 is 1.84 bits per heavy atom. The summed E-state index contributed by atoms with van der Waals surface area (Å²) in [4.78, 5) is 35.2. The zero-order chi connectivity index (χ0) is 13.6. The number of carbonyl (C=O) groups is 2. The lowest BCUT2D eigenvalue weighted by atomic mass is 9.77. The number of nitrogens with one attached hydrogen (secondary N) is 1. The maximum Gasteiger partial charge on any atom is 0.329 e. The van der Waals surface area contributed by atoms with Gasteiger partial charge in [-0.1, -0.05) is 0 Å². The highest BCUT2D eigenvalue weighted by Gasteiger charge is 2.55. The zero-order valence-corrected chi connectivity index (χ0v) is 9.96. The standard InChI is InChI=1S/C12H11N3O4/c16-10-12(6-1-7-12)13-11(17)14(10)8-2-4-9(5-3-8)15(18)19/h2-5H,1,6-7H2,(H,13,17). The molecular weight excluding hydrogens is 250 g/mol. The predicted octanol–water partition coefficient (Wildman–Crippen LogP) is 1.57. The number of anilines is 1. The van der Waals surface area contributed by atoms with Gasteiger partial charge in [0.1, 0.15) is 5.54 Å². The maximum atomic E-state index is 12.2. The summed E-state index contributed by atoms with van der Waals surface area (Å²) < 4.78 is 0. The smallest absolute Gasteiger partial charge is 0.323 e. The van der Waals surface area contributed by atoms with Gasteiger partial charge in [0.2, 0.25) is 0 Å². The molecule has 2 aliphatic rings. The van der Waals surface area contributed by atoms with E-state index in [1.54, 1.807) is 0 Å². The Bertz CT molecular complexity index is 577. The molecule has 2 fully saturated rings. The Kier molecular flexibility index (Phi) is 2.31. The Labute approximate surface area is 108 Å². The van der Waals surface area contributed by atoms with E-state index < -0.39 is 16.5 Å². The SMILES string of the molecule is O=C1NC2(CCC2)C(=O)N1c1ccc([N+](=O)[O-])cc1. The van der Waals surface area contributed by atoms with Crippen LogP contribution in [0.1, 0.15) is 19.3 Å². The number of nitrogens with zero attached hydrogens (tertiary/aromatic N) is 2. The molecule has 1 aliphatic heterocycles. The molecule has 1 aliphatic carbocycles. The van der Waals surface area contributed by atoms with E-state index in [2.05, 4.69) is 5.32 Å². The minimum atomic E-state index is -0.737. The first-order valence-electron chi connectivity index (χ1n) is 5.95. The molecule has 1 saturated carbocycles. The van der Waals surface area contributed by atoms with Crippen LogP contribution in [0.2, 0.25) is 0 Å². The number of hydrogen-bond donors (Lipinski definition) is 1. The number of amides is 3. The summed E-state index contributed by atoms with van der Waals surface area (Å²) in [6.45, 7) is 0. The first kappa shape index (κ1) is 11.6. The van der Waals surface area contributed by atoms with Gasteiger partial charge in [0.05, 0.1) is 10.6 Å². The van der Waals surface area contributed by atoms with E-state index in [4.69, 9.17) is 0 Å². The van der Waals surface area contributed by atoms with Crippen molar-refractivity contribution in [1.82, 2.24) is 5.32 Å². The van der Waals surface area contributed by atoms with Crippen LogP contribution in [0.15, 0.2) is 24.3 Å². The van der Waals surface area contributed by atoms with Crippen molar-refractivity contribution in [1.29, 1.82) is 0 Å². The third-order valence-electron chi connectivity index (χ3n) is 3.69. The molecule has 1 N–H and O–H groups in total. The third-order valence-corrected chi connectivity index (χ3v) is 3.69. The second kappa shape index (κ2) is 3.78. The fourth-order valence-electron chi connectivity index (χ4n) is 2.45. The molecule has 1 aromatic rings. The molecule has 0 unspecified atom stereocenters. The second-order valence-electron chi connectivity index (χ2n) is 4.78. The number of carbonyl (C=O) groups excluding carboxylic acids is 2. The van der Waals surface area contributed by atoms with Crippen molar-refractivity contribution in [3.05, 3.63) is 34.4 Å². The minimum absolute atomic E-state index is 0.0749. The van der Waals surface area contributed by atoms with Crippen LogP contribution in [0, 0.1) is 10.1 Å². The fraction of sp³-hybridized carbons (Fsp3) is 0.333. The highest BCUT2D eigenvalue weighted by Crippen LogP contribution is 2.39. The monoisotopic (exact) mass is 261 g/mol. The molecule has 7 nitrogen and oxygen atoms in total. The van der Waals surface area contributed by atoms with Crippen LogP contribution < -0.4 is 10.2 Å². The molecule has 98 valence electrons. The van der Waals surface area contributed by atoms with Gasteiger partial charge in [-0.05, 0) is 31.4 Å². The number of hydrogen-bond acceptors (Lipinski definition) is 4. The van der Waals surface area contributed by atoms with Crippen molar-refractivity contribution in [3.63, 3.8) is 0 Å². The van der Waals surface area contributed by atoms with Crippen LogP contribution in [-0.2, 0) is 4.79 Å². The van der Waals surface area contributed by atoms with Gasteiger partial charge in [-0.3, -0.25) is 14.9 Å². The molecule has 1 saturated heterocycles. The van der Waals surface area contributed by atoms with Crippen molar-refractivity contribution in [2.24, 2.45) is 0 Å². The molecule has 0 radical (unpaired) electrons. The quantitative estimate of drug-likeness (QED) is 0.497. The van der Waals surface area contributed by atoms with E-state index in [-0.39, 0.29) is 11.6 Å². The van der Waals surface area contributed by atoms with Gasteiger partial charge in [-0.25, -0.2) is 9.69 Å². The van der Waals surface area contributed by atoms with Crippen LogP contribution in [0.5, 0.6) is 0 Å². The van der Waals surface area contributed by atoms with Crippen LogP contribution in [-0.4, -0.2) is 22.4 Å². The molecule has 0 bridgehead atoms. The average Bonchev–Trinajstić information content (AvgIpc) is 2.61. The van der Waals surface area contributed by atoms with Crippen molar-refractivity contribution in [2.45, 2.75) is 24.8 Å². The van der Waals surface area contributed by atoms with Gasteiger partial charge >= 0.3 is 6.03 Å². The number of imide groups is 1. The van der Waals surface area contributed by atoms with Gasteiger partial charge in [-0.15, -0.1) is 0 Å². The lowest BCUT2D eigenvalue weighted by Crippen LogP contribution is -2.52. The van der Waals surface area contributed by atoms with Crippen LogP contribution in [0.3, 0.4) is 0 Å². The van der Waals surface area contributed by atoms with Crippen LogP contribution >= 0.6 is 0 Å². The normalized spacial score (nSPS) is 20.3. The predicted molar refractivity (Wildman–Crippen MR) is 65.7 cm³/mol. The molecule has 0 aromatic heterocycles. The number of nitro groups is 1. The van der Waals surface area contributed by atoms with Gasteiger partial charge in [0.25, 0.3) is 11.6 Å². The summed E-state index contributed by atoms with van der Waals surface area (Å²) in [5.74, 6) is -0.266. The second-order valence-corrected chi connectivity index (χ2v) is 4.78. The Balaban J connectivity index is 1.91. The molecule has 1 spiro atoms. The van der Waals surface area contributed by atoms with Crippen molar-refractivity contribution in [3.8, 4) is 0 Å². The van der Waals surface area contributed by atoms with Gasteiger partial charge < -0.3 is 5.32 Å². The number of urea groups is 1. The maximum absolute atomic E-state index is 12.2. The number of benzene rings is 1. The Morgan fingerprint density at radius 3 is 2.26 bits per heavy atom. The molecular formula is C12H11N3O4. The highest BCUT2D eigenvalue weighted by molar-refractivity contribution is 6.23. The minimum Gasteiger partial charge on any atom is -0.323 e. The topological polar surface area (TPSA) is 92.6 Å².